The van der Waals surface area contributed by atoms with E-state index in [0.717, 1.165) is 24.3 Å². The Morgan fingerprint density at radius 1 is 0.962 bits per heavy atom. The second-order valence-corrected chi connectivity index (χ2v) is 6.48. The van der Waals surface area contributed by atoms with Crippen LogP contribution in [0.5, 0.6) is 0 Å². The number of rotatable bonds is 5. The summed E-state index contributed by atoms with van der Waals surface area (Å²) in [6.07, 6.45) is 2.98. The molecule has 3 aromatic rings. The SMILES string of the molecule is O=c1[nH]c(Nc2ccc(N3CCCC3)cc2)nnc1Cc1ccccc1. The largest absolute Gasteiger partial charge is 0.372 e. The molecule has 132 valence electrons. The number of benzene rings is 2. The normalized spacial score (nSPS) is 13.8. The first-order valence-corrected chi connectivity index (χ1v) is 8.90. The molecule has 1 aliphatic rings. The van der Waals surface area contributed by atoms with Crippen molar-refractivity contribution in [1.82, 2.24) is 15.2 Å². The summed E-state index contributed by atoms with van der Waals surface area (Å²) in [6.45, 7) is 2.24. The number of aromatic amines is 1. The third kappa shape index (κ3) is 3.74. The summed E-state index contributed by atoms with van der Waals surface area (Å²) in [5.74, 6) is 0.348. The van der Waals surface area contributed by atoms with E-state index in [1.54, 1.807) is 0 Å². The van der Waals surface area contributed by atoms with Crippen molar-refractivity contribution in [2.45, 2.75) is 19.3 Å². The highest BCUT2D eigenvalue weighted by atomic mass is 16.1. The summed E-state index contributed by atoms with van der Waals surface area (Å²) < 4.78 is 0. The number of aromatic nitrogens is 3. The average molecular weight is 347 g/mol. The highest BCUT2D eigenvalue weighted by Gasteiger charge is 2.12. The Kier molecular flexibility index (Phi) is 4.64. The first-order valence-electron chi connectivity index (χ1n) is 8.90. The third-order valence-corrected chi connectivity index (χ3v) is 4.58. The molecular weight excluding hydrogens is 326 g/mol. The van der Waals surface area contributed by atoms with Crippen molar-refractivity contribution in [2.75, 3.05) is 23.3 Å². The monoisotopic (exact) mass is 347 g/mol. The minimum absolute atomic E-state index is 0.222. The molecule has 0 bridgehead atoms. The van der Waals surface area contributed by atoms with Crippen LogP contribution < -0.4 is 15.8 Å². The van der Waals surface area contributed by atoms with Gasteiger partial charge < -0.3 is 10.2 Å². The lowest BCUT2D eigenvalue weighted by Gasteiger charge is -2.17. The van der Waals surface area contributed by atoms with Crippen LogP contribution in [0.25, 0.3) is 0 Å². The summed E-state index contributed by atoms with van der Waals surface area (Å²) in [6, 6.07) is 17.9. The summed E-state index contributed by atoms with van der Waals surface area (Å²) >= 11 is 0. The van der Waals surface area contributed by atoms with Crippen molar-refractivity contribution in [3.05, 3.63) is 76.2 Å². The van der Waals surface area contributed by atoms with E-state index in [9.17, 15) is 4.79 Å². The fourth-order valence-corrected chi connectivity index (χ4v) is 3.19. The number of anilines is 3. The Hall–Kier alpha value is -3.15. The van der Waals surface area contributed by atoms with Crippen LogP contribution in [0.15, 0.2) is 59.4 Å². The zero-order valence-electron chi connectivity index (χ0n) is 14.5. The standard InChI is InChI=1S/C20H21N5O/c26-19-18(14-15-6-2-1-3-7-15)23-24-20(22-19)21-16-8-10-17(11-9-16)25-12-4-5-13-25/h1-3,6-11H,4-5,12-14H2,(H2,21,22,24,26). The van der Waals surface area contributed by atoms with Crippen LogP contribution >= 0.6 is 0 Å². The van der Waals surface area contributed by atoms with Gasteiger partial charge in [0.1, 0.15) is 5.69 Å². The summed E-state index contributed by atoms with van der Waals surface area (Å²) in [5.41, 5.74) is 3.32. The van der Waals surface area contributed by atoms with Crippen molar-refractivity contribution in [3.63, 3.8) is 0 Å². The molecule has 4 rings (SSSR count). The zero-order chi connectivity index (χ0) is 17.8. The van der Waals surface area contributed by atoms with Crippen LogP contribution in [0.2, 0.25) is 0 Å². The second-order valence-electron chi connectivity index (χ2n) is 6.48. The molecule has 26 heavy (non-hydrogen) atoms. The predicted octanol–water partition coefficient (Wildman–Crippen LogP) is 3.10. The molecule has 6 nitrogen and oxygen atoms in total. The van der Waals surface area contributed by atoms with Crippen molar-refractivity contribution in [1.29, 1.82) is 0 Å². The average Bonchev–Trinajstić information content (AvgIpc) is 3.20. The molecule has 1 fully saturated rings. The van der Waals surface area contributed by atoms with Gasteiger partial charge in [-0.25, -0.2) is 0 Å². The maximum atomic E-state index is 12.3. The molecule has 2 aromatic carbocycles. The van der Waals surface area contributed by atoms with Gasteiger partial charge in [0.05, 0.1) is 0 Å². The first-order chi connectivity index (χ1) is 12.8. The minimum Gasteiger partial charge on any atom is -0.372 e. The molecule has 2 N–H and O–H groups in total. The topological polar surface area (TPSA) is 73.9 Å². The van der Waals surface area contributed by atoms with Crippen molar-refractivity contribution < 1.29 is 0 Å². The van der Waals surface area contributed by atoms with Gasteiger partial charge in [-0.05, 0) is 42.7 Å². The molecule has 0 atom stereocenters. The molecule has 2 heterocycles. The Morgan fingerprint density at radius 3 is 2.38 bits per heavy atom. The van der Waals surface area contributed by atoms with E-state index in [1.165, 1.54) is 18.5 Å². The van der Waals surface area contributed by atoms with Gasteiger partial charge in [0.15, 0.2) is 0 Å². The summed E-state index contributed by atoms with van der Waals surface area (Å²) in [7, 11) is 0. The van der Waals surface area contributed by atoms with E-state index < -0.39 is 0 Å². The Bertz CT molecular complexity index is 915. The molecule has 1 aromatic heterocycles. The quantitative estimate of drug-likeness (QED) is 0.742. The van der Waals surface area contributed by atoms with Crippen molar-refractivity contribution >= 4 is 17.3 Å². The fourth-order valence-electron chi connectivity index (χ4n) is 3.19. The van der Waals surface area contributed by atoms with Crippen LogP contribution in [0.3, 0.4) is 0 Å². The molecule has 0 radical (unpaired) electrons. The van der Waals surface area contributed by atoms with Crippen molar-refractivity contribution in [2.24, 2.45) is 0 Å². The van der Waals surface area contributed by atoms with Crippen LogP contribution in [0.1, 0.15) is 24.1 Å². The molecule has 0 aliphatic carbocycles. The predicted molar refractivity (Wildman–Crippen MR) is 103 cm³/mol. The lowest BCUT2D eigenvalue weighted by atomic mass is 10.1. The van der Waals surface area contributed by atoms with Crippen molar-refractivity contribution in [3.8, 4) is 0 Å². The van der Waals surface area contributed by atoms with E-state index in [4.69, 9.17) is 0 Å². The van der Waals surface area contributed by atoms with Gasteiger partial charge in [-0.15, -0.1) is 10.2 Å². The molecule has 1 saturated heterocycles. The van der Waals surface area contributed by atoms with Gasteiger partial charge in [0, 0.05) is 30.9 Å². The Labute approximate surface area is 151 Å². The number of hydrogen-bond donors (Lipinski definition) is 2. The van der Waals surface area contributed by atoms with Crippen LogP contribution in [0.4, 0.5) is 17.3 Å². The zero-order valence-corrected chi connectivity index (χ0v) is 14.5. The molecule has 0 spiro atoms. The maximum Gasteiger partial charge on any atom is 0.274 e. The van der Waals surface area contributed by atoms with Gasteiger partial charge in [-0.1, -0.05) is 30.3 Å². The molecule has 6 heteroatoms. The molecule has 0 amide bonds. The lowest BCUT2D eigenvalue weighted by Crippen LogP contribution is -2.19. The Morgan fingerprint density at radius 2 is 1.69 bits per heavy atom. The summed E-state index contributed by atoms with van der Waals surface area (Å²) in [4.78, 5) is 17.4. The molecule has 1 aliphatic heterocycles. The van der Waals surface area contributed by atoms with Gasteiger partial charge in [0.2, 0.25) is 5.95 Å². The van der Waals surface area contributed by atoms with E-state index in [1.807, 2.05) is 42.5 Å². The fraction of sp³-hybridized carbons (Fsp3) is 0.250. The van der Waals surface area contributed by atoms with Gasteiger partial charge in [-0.2, -0.15) is 0 Å². The Balaban J connectivity index is 1.45. The first kappa shape index (κ1) is 16.3. The van der Waals surface area contributed by atoms with E-state index in [-0.39, 0.29) is 5.56 Å². The van der Waals surface area contributed by atoms with Gasteiger partial charge in [0.25, 0.3) is 5.56 Å². The number of nitrogens with one attached hydrogen (secondary N) is 2. The highest BCUT2D eigenvalue weighted by molar-refractivity contribution is 5.59. The minimum atomic E-state index is -0.222. The highest BCUT2D eigenvalue weighted by Crippen LogP contribution is 2.22. The second kappa shape index (κ2) is 7.39. The van der Waals surface area contributed by atoms with Crippen LogP contribution in [-0.2, 0) is 6.42 Å². The van der Waals surface area contributed by atoms with E-state index >= 15 is 0 Å². The van der Waals surface area contributed by atoms with E-state index in [0.29, 0.717) is 18.1 Å². The number of H-pyrrole nitrogens is 1. The van der Waals surface area contributed by atoms with Gasteiger partial charge >= 0.3 is 0 Å². The maximum absolute atomic E-state index is 12.3. The van der Waals surface area contributed by atoms with Crippen LogP contribution in [0, 0.1) is 0 Å². The number of nitrogens with zero attached hydrogens (tertiary/aromatic N) is 3. The third-order valence-electron chi connectivity index (χ3n) is 4.58. The van der Waals surface area contributed by atoms with Crippen LogP contribution in [-0.4, -0.2) is 28.3 Å². The van der Waals surface area contributed by atoms with E-state index in [2.05, 4.69) is 37.5 Å². The molecule has 0 unspecified atom stereocenters. The molecular formula is C20H21N5O. The molecule has 0 saturated carbocycles. The number of hydrogen-bond acceptors (Lipinski definition) is 5. The summed E-state index contributed by atoms with van der Waals surface area (Å²) in [5, 5.41) is 11.3. The lowest BCUT2D eigenvalue weighted by molar-refractivity contribution is 0.874. The van der Waals surface area contributed by atoms with Gasteiger partial charge in [-0.3, -0.25) is 9.78 Å². The smallest absolute Gasteiger partial charge is 0.274 e.